The molecule has 2 heterocycles. The average Bonchev–Trinajstić information content (AvgIpc) is 3.58. The zero-order valence-corrected chi connectivity index (χ0v) is 30.9. The Morgan fingerprint density at radius 3 is 1.78 bits per heavy atom. The predicted octanol–water partition coefficient (Wildman–Crippen LogP) is 14.5. The summed E-state index contributed by atoms with van der Waals surface area (Å²) in [5.41, 5.74) is 14.7. The summed E-state index contributed by atoms with van der Waals surface area (Å²) in [5, 5.41) is 7.59. The van der Waals surface area contributed by atoms with Crippen LogP contribution in [0.25, 0.3) is 82.4 Å². The summed E-state index contributed by atoms with van der Waals surface area (Å²) in [6.07, 6.45) is 6.56. The molecule has 0 fully saturated rings. The second-order valence-electron chi connectivity index (χ2n) is 14.2. The molecule has 0 unspecified atom stereocenters. The first-order chi connectivity index (χ1) is 26.6. The molecule has 0 radical (unpaired) electrons. The number of rotatable bonds is 4. The molecular formula is C52H37NS. The predicted molar refractivity (Wildman–Crippen MR) is 235 cm³/mol. The van der Waals surface area contributed by atoms with Crippen LogP contribution in [0.5, 0.6) is 0 Å². The van der Waals surface area contributed by atoms with E-state index >= 15 is 0 Å². The number of hydrogen-bond acceptors (Lipinski definition) is 1. The summed E-state index contributed by atoms with van der Waals surface area (Å²) in [4.78, 5) is 1.31. The van der Waals surface area contributed by atoms with Crippen LogP contribution in [0.15, 0.2) is 193 Å². The molecule has 1 aliphatic heterocycles. The molecule has 256 valence electrons. The molecule has 54 heavy (non-hydrogen) atoms. The van der Waals surface area contributed by atoms with E-state index in [0.717, 1.165) is 17.0 Å². The molecule has 0 aliphatic carbocycles. The Balaban J connectivity index is 1.09. The number of allylic oxidation sites excluding steroid dienone is 4. The lowest BCUT2D eigenvalue weighted by Crippen LogP contribution is -1.95. The van der Waals surface area contributed by atoms with Gasteiger partial charge in [-0.05, 0) is 109 Å². The van der Waals surface area contributed by atoms with Crippen molar-refractivity contribution in [3.8, 4) is 27.9 Å². The van der Waals surface area contributed by atoms with E-state index in [4.69, 9.17) is 0 Å². The fraction of sp³-hybridized carbons (Fsp3) is 0.0385. The lowest BCUT2D eigenvalue weighted by atomic mass is 9.86. The van der Waals surface area contributed by atoms with Crippen LogP contribution in [0.4, 0.5) is 0 Å². The van der Waals surface area contributed by atoms with Crippen LogP contribution in [0, 0.1) is 6.92 Å². The maximum atomic E-state index is 4.38. The van der Waals surface area contributed by atoms with Gasteiger partial charge in [0.2, 0.25) is 0 Å². The summed E-state index contributed by atoms with van der Waals surface area (Å²) in [5.74, 6) is 0.886. The molecule has 2 heteroatoms. The van der Waals surface area contributed by atoms with E-state index in [9.17, 15) is 0 Å². The molecule has 0 saturated heterocycles. The van der Waals surface area contributed by atoms with Crippen LogP contribution in [0.3, 0.4) is 0 Å². The molecule has 1 aromatic heterocycles. The van der Waals surface area contributed by atoms with Gasteiger partial charge in [-0.25, -0.2) is 0 Å². The van der Waals surface area contributed by atoms with Gasteiger partial charge in [0.25, 0.3) is 0 Å². The highest BCUT2D eigenvalue weighted by atomic mass is 32.2. The van der Waals surface area contributed by atoms with E-state index < -0.39 is 0 Å². The molecular weight excluding hydrogens is 671 g/mol. The van der Waals surface area contributed by atoms with E-state index in [-0.39, 0.29) is 0 Å². The molecule has 1 nitrogen and oxygen atoms in total. The van der Waals surface area contributed by atoms with E-state index in [1.165, 1.54) is 92.8 Å². The largest absolute Gasteiger partial charge is 0.309 e. The Morgan fingerprint density at radius 1 is 0.519 bits per heavy atom. The van der Waals surface area contributed by atoms with Crippen molar-refractivity contribution in [3.05, 3.63) is 205 Å². The maximum absolute atomic E-state index is 4.38. The van der Waals surface area contributed by atoms with Crippen molar-refractivity contribution in [3.63, 3.8) is 0 Å². The third kappa shape index (κ3) is 5.33. The minimum atomic E-state index is 0.886. The Bertz CT molecular complexity index is 2940. The van der Waals surface area contributed by atoms with Crippen molar-refractivity contribution in [1.82, 2.24) is 4.57 Å². The van der Waals surface area contributed by atoms with Crippen LogP contribution in [0.2, 0.25) is 0 Å². The lowest BCUT2D eigenvalue weighted by Gasteiger charge is -2.18. The Labute approximate surface area is 320 Å². The molecule has 1 aliphatic rings. The Hall–Kier alpha value is -6.35. The quantitative estimate of drug-likeness (QED) is 0.165. The summed E-state index contributed by atoms with van der Waals surface area (Å²) >= 11 is 1.91. The number of aryl methyl sites for hydroxylation is 1. The molecule has 0 bridgehead atoms. The van der Waals surface area contributed by atoms with Gasteiger partial charge in [-0.1, -0.05) is 158 Å². The third-order valence-electron chi connectivity index (χ3n) is 11.0. The standard InChI is InChI=1S/C52H37NS/c1-34-14-12-18-39(33-54-52-35(2)15-13-24-41(34)52)38-28-31-49-47(32-38)42-19-10-11-25-48(42)53(49)40-29-26-37(27-30-40)51-45-22-8-6-20-43(45)50(36-16-4-3-5-17-36)44-21-7-9-23-46(44)51/h3-32H,1,33H2,2H3/b14-12-,39-18+. The topological polar surface area (TPSA) is 4.93 Å². The van der Waals surface area contributed by atoms with Gasteiger partial charge in [0.05, 0.1) is 11.0 Å². The van der Waals surface area contributed by atoms with Crippen molar-refractivity contribution in [2.45, 2.75) is 11.8 Å². The molecule has 0 atom stereocenters. The maximum Gasteiger partial charge on any atom is 0.0541 e. The normalized spacial score (nSPS) is 14.8. The van der Waals surface area contributed by atoms with Gasteiger partial charge in [0.15, 0.2) is 0 Å². The third-order valence-corrected chi connectivity index (χ3v) is 12.3. The van der Waals surface area contributed by atoms with Crippen LogP contribution in [-0.4, -0.2) is 10.3 Å². The number of hydrogen-bond donors (Lipinski definition) is 0. The van der Waals surface area contributed by atoms with Crippen molar-refractivity contribution in [2.24, 2.45) is 0 Å². The minimum Gasteiger partial charge on any atom is -0.309 e. The van der Waals surface area contributed by atoms with E-state index in [1.54, 1.807) is 0 Å². The average molecular weight is 708 g/mol. The zero-order chi connectivity index (χ0) is 36.2. The van der Waals surface area contributed by atoms with Crippen LogP contribution in [-0.2, 0) is 0 Å². The van der Waals surface area contributed by atoms with Crippen molar-refractivity contribution in [1.29, 1.82) is 0 Å². The first-order valence-corrected chi connectivity index (χ1v) is 19.5. The van der Waals surface area contributed by atoms with Gasteiger partial charge in [-0.2, -0.15) is 0 Å². The molecule has 0 amide bonds. The van der Waals surface area contributed by atoms with Gasteiger partial charge in [0, 0.05) is 27.1 Å². The monoisotopic (exact) mass is 707 g/mol. The van der Waals surface area contributed by atoms with E-state index in [1.807, 2.05) is 11.8 Å². The highest BCUT2D eigenvalue weighted by molar-refractivity contribution is 7.99. The molecule has 0 spiro atoms. The van der Waals surface area contributed by atoms with Gasteiger partial charge < -0.3 is 4.57 Å². The molecule has 9 aromatic rings. The van der Waals surface area contributed by atoms with Gasteiger partial charge >= 0.3 is 0 Å². The number of nitrogens with zero attached hydrogens (tertiary/aromatic N) is 1. The highest BCUT2D eigenvalue weighted by Gasteiger charge is 2.19. The number of aromatic nitrogens is 1. The van der Waals surface area contributed by atoms with Crippen molar-refractivity contribution >= 4 is 66.3 Å². The van der Waals surface area contributed by atoms with Gasteiger partial charge in [-0.15, -0.1) is 11.8 Å². The number of benzene rings is 8. The molecule has 10 rings (SSSR count). The minimum absolute atomic E-state index is 0.886. The Morgan fingerprint density at radius 2 is 1.09 bits per heavy atom. The Kier molecular flexibility index (Phi) is 7.93. The summed E-state index contributed by atoms with van der Waals surface area (Å²) in [6, 6.07) is 60.0. The van der Waals surface area contributed by atoms with Gasteiger partial charge in [-0.3, -0.25) is 0 Å². The van der Waals surface area contributed by atoms with Crippen molar-refractivity contribution < 1.29 is 0 Å². The smallest absolute Gasteiger partial charge is 0.0541 e. The molecule has 0 saturated carbocycles. The summed E-state index contributed by atoms with van der Waals surface area (Å²) < 4.78 is 2.42. The van der Waals surface area contributed by atoms with Crippen LogP contribution in [0.1, 0.15) is 16.7 Å². The fourth-order valence-corrected chi connectivity index (χ4v) is 9.64. The van der Waals surface area contributed by atoms with E-state index in [0.29, 0.717) is 0 Å². The van der Waals surface area contributed by atoms with Crippen molar-refractivity contribution in [2.75, 3.05) is 5.75 Å². The van der Waals surface area contributed by atoms with E-state index in [2.05, 4.69) is 200 Å². The fourth-order valence-electron chi connectivity index (χ4n) is 8.43. The second kappa shape index (κ2) is 13.3. The summed E-state index contributed by atoms with van der Waals surface area (Å²) in [6.45, 7) is 6.57. The highest BCUT2D eigenvalue weighted by Crippen LogP contribution is 2.44. The lowest BCUT2D eigenvalue weighted by molar-refractivity contribution is 1.18. The summed E-state index contributed by atoms with van der Waals surface area (Å²) in [7, 11) is 0. The zero-order valence-electron chi connectivity index (χ0n) is 30.1. The van der Waals surface area contributed by atoms with Crippen LogP contribution < -0.4 is 0 Å². The second-order valence-corrected chi connectivity index (χ2v) is 15.1. The van der Waals surface area contributed by atoms with Crippen LogP contribution >= 0.6 is 11.8 Å². The molecule has 8 aromatic carbocycles. The molecule has 0 N–H and O–H groups in total. The SMILES string of the molecule is C=C1/C=C\C=C(\c2ccc3c(c2)c2ccccc2n3-c2ccc(-c3c4ccccc4c(-c4ccccc4)c4ccccc34)cc2)CSc2c(C)cccc21. The number of thioether (sulfide) groups is 1. The number of para-hydroxylation sites is 1. The number of fused-ring (bicyclic) bond motifs is 6. The van der Waals surface area contributed by atoms with Gasteiger partial charge in [0.1, 0.15) is 0 Å². The first kappa shape index (κ1) is 32.3. The first-order valence-electron chi connectivity index (χ1n) is 18.6.